The molecule has 0 aliphatic heterocycles. The van der Waals surface area contributed by atoms with E-state index in [2.05, 4.69) is 20.8 Å². The lowest BCUT2D eigenvalue weighted by atomic mass is 10.3. The molecule has 3 N–H and O–H groups in total. The maximum atomic E-state index is 11.6. The topological polar surface area (TPSA) is 86.9 Å². The molecule has 0 atom stereocenters. The van der Waals surface area contributed by atoms with E-state index in [1.807, 2.05) is 11.4 Å². The summed E-state index contributed by atoms with van der Waals surface area (Å²) in [6.45, 7) is 0.306. The van der Waals surface area contributed by atoms with Crippen molar-refractivity contribution in [1.82, 2.24) is 15.5 Å². The summed E-state index contributed by atoms with van der Waals surface area (Å²) < 4.78 is 0. The van der Waals surface area contributed by atoms with E-state index in [0.717, 1.165) is 0 Å². The number of amides is 2. The predicted octanol–water partition coefficient (Wildman–Crippen LogP) is 1.23. The van der Waals surface area contributed by atoms with Crippen LogP contribution < -0.4 is 10.6 Å². The number of nitrogens with zero attached hydrogens (tertiary/aromatic N) is 1. The van der Waals surface area contributed by atoms with Gasteiger partial charge in [0.15, 0.2) is 0 Å². The van der Waals surface area contributed by atoms with Crippen LogP contribution in [0.3, 0.4) is 0 Å². The Morgan fingerprint density at radius 1 is 1.44 bits per heavy atom. The highest BCUT2D eigenvalue weighted by Crippen LogP contribution is 2.07. The minimum absolute atomic E-state index is 0.152. The molecule has 0 aliphatic carbocycles. The minimum Gasteiger partial charge on any atom is -0.351 e. The van der Waals surface area contributed by atoms with E-state index in [1.54, 1.807) is 12.3 Å². The maximum Gasteiger partial charge on any atom is 0.261 e. The van der Waals surface area contributed by atoms with Gasteiger partial charge in [-0.3, -0.25) is 14.7 Å². The molecule has 2 heterocycles. The molecule has 0 saturated heterocycles. The summed E-state index contributed by atoms with van der Waals surface area (Å²) in [6, 6.07) is 3.55. The van der Waals surface area contributed by atoms with Crippen molar-refractivity contribution in [2.45, 2.75) is 6.42 Å². The summed E-state index contributed by atoms with van der Waals surface area (Å²) in [6.07, 6.45) is 3.33. The van der Waals surface area contributed by atoms with Crippen molar-refractivity contribution in [1.29, 1.82) is 0 Å². The van der Waals surface area contributed by atoms with E-state index in [9.17, 15) is 9.59 Å². The Balaban J connectivity index is 1.69. The quantitative estimate of drug-likeness (QED) is 0.759. The molecule has 6 nitrogen and oxygen atoms in total. The first kappa shape index (κ1) is 12.3. The zero-order valence-electron chi connectivity index (χ0n) is 9.47. The molecule has 18 heavy (non-hydrogen) atoms. The fraction of sp³-hybridized carbons (Fsp3) is 0.182. The second-order valence-electron chi connectivity index (χ2n) is 3.52. The molecule has 7 heteroatoms. The van der Waals surface area contributed by atoms with Crippen molar-refractivity contribution < 1.29 is 9.59 Å². The number of aromatic nitrogens is 2. The van der Waals surface area contributed by atoms with Crippen LogP contribution >= 0.6 is 11.3 Å². The van der Waals surface area contributed by atoms with Crippen molar-refractivity contribution in [3.05, 3.63) is 34.8 Å². The normalized spacial score (nSPS) is 10.0. The molecule has 0 fully saturated rings. The van der Waals surface area contributed by atoms with Gasteiger partial charge in [0, 0.05) is 19.2 Å². The van der Waals surface area contributed by atoms with E-state index < -0.39 is 0 Å². The van der Waals surface area contributed by atoms with Gasteiger partial charge in [0.2, 0.25) is 5.91 Å². The number of anilines is 1. The first-order chi connectivity index (χ1) is 8.75. The second kappa shape index (κ2) is 5.97. The van der Waals surface area contributed by atoms with Crippen LogP contribution in [0.2, 0.25) is 0 Å². The van der Waals surface area contributed by atoms with Gasteiger partial charge in [0.05, 0.1) is 16.8 Å². The van der Waals surface area contributed by atoms with Crippen molar-refractivity contribution in [2.24, 2.45) is 0 Å². The van der Waals surface area contributed by atoms with Crippen molar-refractivity contribution in [3.8, 4) is 0 Å². The molecule has 2 amide bonds. The summed E-state index contributed by atoms with van der Waals surface area (Å²) in [5, 5.41) is 13.5. The van der Waals surface area contributed by atoms with Gasteiger partial charge < -0.3 is 10.6 Å². The fourth-order valence-corrected chi connectivity index (χ4v) is 1.97. The Kier molecular flexibility index (Phi) is 4.08. The lowest BCUT2D eigenvalue weighted by Crippen LogP contribution is -2.27. The monoisotopic (exact) mass is 264 g/mol. The minimum atomic E-state index is -0.164. The molecule has 94 valence electrons. The average Bonchev–Trinajstić information content (AvgIpc) is 3.00. The van der Waals surface area contributed by atoms with Gasteiger partial charge in [-0.25, -0.2) is 0 Å². The molecule has 2 aromatic heterocycles. The Morgan fingerprint density at radius 2 is 2.33 bits per heavy atom. The number of carbonyl (C=O) groups excluding carboxylic acids is 2. The van der Waals surface area contributed by atoms with E-state index in [4.69, 9.17) is 0 Å². The number of H-pyrrole nitrogens is 1. The van der Waals surface area contributed by atoms with E-state index in [-0.39, 0.29) is 18.2 Å². The Bertz CT molecular complexity index is 507. The molecule has 2 aromatic rings. The highest BCUT2D eigenvalue weighted by Gasteiger charge is 2.07. The third-order valence-corrected chi connectivity index (χ3v) is 3.03. The van der Waals surface area contributed by atoms with Crippen LogP contribution in [0.15, 0.2) is 29.9 Å². The molecule has 0 aromatic carbocycles. The van der Waals surface area contributed by atoms with Gasteiger partial charge in [0.25, 0.3) is 5.91 Å². The number of aromatic amines is 1. The molecule has 0 aliphatic rings. The molecule has 0 saturated carbocycles. The Hall–Kier alpha value is -2.15. The largest absolute Gasteiger partial charge is 0.351 e. The van der Waals surface area contributed by atoms with Crippen molar-refractivity contribution in [2.75, 3.05) is 11.9 Å². The number of carbonyl (C=O) groups is 2. The summed E-state index contributed by atoms with van der Waals surface area (Å²) in [5.41, 5.74) is 0.615. The van der Waals surface area contributed by atoms with Gasteiger partial charge in [-0.05, 0) is 11.4 Å². The van der Waals surface area contributed by atoms with E-state index >= 15 is 0 Å². The smallest absolute Gasteiger partial charge is 0.261 e. The molecule has 0 radical (unpaired) electrons. The standard InChI is InChI=1S/C11H12N4O2S/c16-10(15-8-6-13-14-7-8)3-4-12-11(17)9-2-1-5-18-9/h1-2,5-7H,3-4H2,(H,12,17)(H,13,14)(H,15,16). The summed E-state index contributed by atoms with van der Waals surface area (Å²) >= 11 is 1.37. The van der Waals surface area contributed by atoms with Crippen LogP contribution in [0, 0.1) is 0 Å². The van der Waals surface area contributed by atoms with Crippen LogP contribution in [0.1, 0.15) is 16.1 Å². The first-order valence-corrected chi connectivity index (χ1v) is 6.24. The van der Waals surface area contributed by atoms with Crippen LogP contribution in [0.25, 0.3) is 0 Å². The number of hydrogen-bond donors (Lipinski definition) is 3. The van der Waals surface area contributed by atoms with Gasteiger partial charge in [-0.2, -0.15) is 5.10 Å². The Labute approximate surface area is 107 Å². The number of hydrogen-bond acceptors (Lipinski definition) is 4. The molecule has 0 bridgehead atoms. The van der Waals surface area contributed by atoms with Gasteiger partial charge >= 0.3 is 0 Å². The molecule has 0 unspecified atom stereocenters. The van der Waals surface area contributed by atoms with Crippen LogP contribution in [0.5, 0.6) is 0 Å². The third-order valence-electron chi connectivity index (χ3n) is 2.16. The molecular weight excluding hydrogens is 252 g/mol. The van der Waals surface area contributed by atoms with Crippen LogP contribution in [-0.2, 0) is 4.79 Å². The molecule has 0 spiro atoms. The average molecular weight is 264 g/mol. The number of nitrogens with one attached hydrogen (secondary N) is 3. The lowest BCUT2D eigenvalue weighted by molar-refractivity contribution is -0.116. The van der Waals surface area contributed by atoms with Gasteiger partial charge in [-0.15, -0.1) is 11.3 Å². The highest BCUT2D eigenvalue weighted by atomic mass is 32.1. The molecule has 2 rings (SSSR count). The molecular formula is C11H12N4O2S. The lowest BCUT2D eigenvalue weighted by Gasteiger charge is -2.04. The Morgan fingerprint density at radius 3 is 3.00 bits per heavy atom. The third kappa shape index (κ3) is 3.42. The van der Waals surface area contributed by atoms with Crippen molar-refractivity contribution >= 4 is 28.8 Å². The fourth-order valence-electron chi connectivity index (χ4n) is 1.33. The maximum absolute atomic E-state index is 11.6. The van der Waals surface area contributed by atoms with Gasteiger partial charge in [0.1, 0.15) is 0 Å². The van der Waals surface area contributed by atoms with Crippen LogP contribution in [0.4, 0.5) is 5.69 Å². The zero-order chi connectivity index (χ0) is 12.8. The number of thiophene rings is 1. The van der Waals surface area contributed by atoms with Gasteiger partial charge in [-0.1, -0.05) is 6.07 Å². The van der Waals surface area contributed by atoms with Crippen LogP contribution in [-0.4, -0.2) is 28.6 Å². The van der Waals surface area contributed by atoms with E-state index in [1.165, 1.54) is 17.5 Å². The first-order valence-electron chi connectivity index (χ1n) is 5.36. The van der Waals surface area contributed by atoms with Crippen molar-refractivity contribution in [3.63, 3.8) is 0 Å². The number of rotatable bonds is 5. The highest BCUT2D eigenvalue weighted by molar-refractivity contribution is 7.12. The predicted molar refractivity (Wildman–Crippen MR) is 68.5 cm³/mol. The van der Waals surface area contributed by atoms with E-state index in [0.29, 0.717) is 17.1 Å². The summed E-state index contributed by atoms with van der Waals surface area (Å²) in [5.74, 6) is -0.316. The zero-order valence-corrected chi connectivity index (χ0v) is 10.3. The second-order valence-corrected chi connectivity index (χ2v) is 4.47. The SMILES string of the molecule is O=C(CCNC(=O)c1cccs1)Nc1cn[nH]c1. The summed E-state index contributed by atoms with van der Waals surface area (Å²) in [7, 11) is 0. The summed E-state index contributed by atoms with van der Waals surface area (Å²) in [4.78, 5) is 23.7.